The molecule has 104 valence electrons. The highest BCUT2D eigenvalue weighted by molar-refractivity contribution is 5.33. The van der Waals surface area contributed by atoms with Gasteiger partial charge in [-0.25, -0.2) is 0 Å². The van der Waals surface area contributed by atoms with E-state index in [9.17, 15) is 0 Å². The van der Waals surface area contributed by atoms with Crippen LogP contribution in [0.5, 0.6) is 0 Å². The molecule has 21 heavy (non-hydrogen) atoms. The van der Waals surface area contributed by atoms with Gasteiger partial charge >= 0.3 is 0 Å². The summed E-state index contributed by atoms with van der Waals surface area (Å²) in [7, 11) is 0. The van der Waals surface area contributed by atoms with Crippen LogP contribution in [0.3, 0.4) is 0 Å². The first kappa shape index (κ1) is 13.6. The van der Waals surface area contributed by atoms with Gasteiger partial charge < -0.3 is 0 Å². The van der Waals surface area contributed by atoms with E-state index in [2.05, 4.69) is 84.9 Å². The van der Waals surface area contributed by atoms with Crippen molar-refractivity contribution in [3.63, 3.8) is 0 Å². The van der Waals surface area contributed by atoms with Crippen molar-refractivity contribution in [2.75, 3.05) is 0 Å². The summed E-state index contributed by atoms with van der Waals surface area (Å²) in [6.07, 6.45) is 3.23. The summed E-state index contributed by atoms with van der Waals surface area (Å²) in [6.45, 7) is 0. The lowest BCUT2D eigenvalue weighted by Crippen LogP contribution is -1.98. The van der Waals surface area contributed by atoms with Crippen LogP contribution in [0.2, 0.25) is 0 Å². The van der Waals surface area contributed by atoms with Crippen molar-refractivity contribution in [3.05, 3.63) is 107 Å². The van der Waals surface area contributed by atoms with Crippen LogP contribution in [0.1, 0.15) is 22.3 Å². The number of rotatable bonds is 5. The van der Waals surface area contributed by atoms with Gasteiger partial charge in [-0.05, 0) is 41.5 Å². The van der Waals surface area contributed by atoms with Gasteiger partial charge in [-0.3, -0.25) is 0 Å². The van der Waals surface area contributed by atoms with E-state index in [1.54, 1.807) is 0 Å². The molecule has 0 nitrogen and oxygen atoms in total. The summed E-state index contributed by atoms with van der Waals surface area (Å²) in [4.78, 5) is 0. The van der Waals surface area contributed by atoms with E-state index in [0.717, 1.165) is 19.3 Å². The van der Waals surface area contributed by atoms with Gasteiger partial charge in [-0.2, -0.15) is 0 Å². The molecule has 3 rings (SSSR count). The first-order valence-electron chi connectivity index (χ1n) is 7.56. The predicted molar refractivity (Wildman–Crippen MR) is 89.5 cm³/mol. The van der Waals surface area contributed by atoms with Gasteiger partial charge in [0.05, 0.1) is 0 Å². The van der Waals surface area contributed by atoms with E-state index in [-0.39, 0.29) is 0 Å². The zero-order valence-electron chi connectivity index (χ0n) is 12.2. The molecule has 0 aliphatic carbocycles. The molecular weight excluding hydrogens is 252 g/mol. The molecule has 3 aromatic rings. The molecule has 0 N–H and O–H groups in total. The first-order chi connectivity index (χ1) is 10.4. The van der Waals surface area contributed by atoms with Crippen LogP contribution in [-0.4, -0.2) is 0 Å². The maximum atomic E-state index is 2.27. The van der Waals surface area contributed by atoms with E-state index in [0.29, 0.717) is 0 Å². The first-order valence-corrected chi connectivity index (χ1v) is 7.56. The SMILES string of the molecule is c1ccc(CCc2ccccc2Cc2ccccc2)cc1. The summed E-state index contributed by atoms with van der Waals surface area (Å²) in [5.41, 5.74) is 5.70. The Morgan fingerprint density at radius 2 is 0.952 bits per heavy atom. The third-order valence-corrected chi connectivity index (χ3v) is 3.88. The van der Waals surface area contributed by atoms with Crippen molar-refractivity contribution in [2.24, 2.45) is 0 Å². The minimum atomic E-state index is 1.02. The summed E-state index contributed by atoms with van der Waals surface area (Å²) < 4.78 is 0. The monoisotopic (exact) mass is 272 g/mol. The molecule has 0 amide bonds. The maximum absolute atomic E-state index is 2.27. The van der Waals surface area contributed by atoms with Crippen molar-refractivity contribution in [1.82, 2.24) is 0 Å². The molecule has 0 radical (unpaired) electrons. The quantitative estimate of drug-likeness (QED) is 0.609. The molecule has 0 atom stereocenters. The normalized spacial score (nSPS) is 10.5. The topological polar surface area (TPSA) is 0 Å². The Balaban J connectivity index is 1.73. The standard InChI is InChI=1S/C21H20/c1-3-9-18(10-4-1)15-16-20-13-7-8-14-21(20)17-19-11-5-2-6-12-19/h1-14H,15-17H2. The molecule has 0 saturated carbocycles. The highest BCUT2D eigenvalue weighted by Crippen LogP contribution is 2.16. The van der Waals surface area contributed by atoms with Crippen molar-refractivity contribution in [2.45, 2.75) is 19.3 Å². The van der Waals surface area contributed by atoms with E-state index in [1.807, 2.05) is 0 Å². The lowest BCUT2D eigenvalue weighted by molar-refractivity contribution is 0.937. The minimum Gasteiger partial charge on any atom is -0.0622 e. The Labute approximate surface area is 127 Å². The lowest BCUT2D eigenvalue weighted by Gasteiger charge is -2.10. The highest BCUT2D eigenvalue weighted by Gasteiger charge is 2.03. The fourth-order valence-electron chi connectivity index (χ4n) is 2.71. The molecule has 0 heteroatoms. The average Bonchev–Trinajstić information content (AvgIpc) is 2.56. The van der Waals surface area contributed by atoms with Gasteiger partial charge in [0.2, 0.25) is 0 Å². The Kier molecular flexibility index (Phi) is 4.48. The van der Waals surface area contributed by atoms with Gasteiger partial charge in [0.15, 0.2) is 0 Å². The van der Waals surface area contributed by atoms with Gasteiger partial charge in [-0.15, -0.1) is 0 Å². The number of hydrogen-bond acceptors (Lipinski definition) is 0. The molecule has 0 unspecified atom stereocenters. The van der Waals surface area contributed by atoms with Crippen LogP contribution < -0.4 is 0 Å². The number of aryl methyl sites for hydroxylation is 2. The Morgan fingerprint density at radius 3 is 1.62 bits per heavy atom. The van der Waals surface area contributed by atoms with Crippen LogP contribution in [0.25, 0.3) is 0 Å². The van der Waals surface area contributed by atoms with Crippen molar-refractivity contribution >= 4 is 0 Å². The Bertz CT molecular complexity index is 669. The lowest BCUT2D eigenvalue weighted by atomic mass is 9.95. The summed E-state index contributed by atoms with van der Waals surface area (Å²) >= 11 is 0. The fraction of sp³-hybridized carbons (Fsp3) is 0.143. The zero-order chi connectivity index (χ0) is 14.3. The van der Waals surface area contributed by atoms with Crippen LogP contribution in [0.4, 0.5) is 0 Å². The summed E-state index contributed by atoms with van der Waals surface area (Å²) in [5.74, 6) is 0. The molecule has 0 aliphatic heterocycles. The van der Waals surface area contributed by atoms with Crippen molar-refractivity contribution < 1.29 is 0 Å². The van der Waals surface area contributed by atoms with E-state index >= 15 is 0 Å². The van der Waals surface area contributed by atoms with Crippen LogP contribution in [-0.2, 0) is 19.3 Å². The van der Waals surface area contributed by atoms with Crippen LogP contribution in [0.15, 0.2) is 84.9 Å². The van der Waals surface area contributed by atoms with E-state index in [4.69, 9.17) is 0 Å². The Morgan fingerprint density at radius 1 is 0.429 bits per heavy atom. The zero-order valence-corrected chi connectivity index (χ0v) is 12.2. The van der Waals surface area contributed by atoms with Crippen molar-refractivity contribution in [3.8, 4) is 0 Å². The van der Waals surface area contributed by atoms with Crippen molar-refractivity contribution in [1.29, 1.82) is 0 Å². The molecule has 0 saturated heterocycles. The third-order valence-electron chi connectivity index (χ3n) is 3.88. The molecule has 0 heterocycles. The second kappa shape index (κ2) is 6.90. The number of benzene rings is 3. The molecule has 3 aromatic carbocycles. The number of hydrogen-bond donors (Lipinski definition) is 0. The van der Waals surface area contributed by atoms with Gasteiger partial charge in [0.25, 0.3) is 0 Å². The predicted octanol–water partition coefficient (Wildman–Crippen LogP) is 5.06. The van der Waals surface area contributed by atoms with Gasteiger partial charge in [-0.1, -0.05) is 84.9 Å². The van der Waals surface area contributed by atoms with E-state index < -0.39 is 0 Å². The van der Waals surface area contributed by atoms with E-state index in [1.165, 1.54) is 22.3 Å². The second-order valence-electron chi connectivity index (χ2n) is 5.42. The fourth-order valence-corrected chi connectivity index (χ4v) is 2.71. The van der Waals surface area contributed by atoms with Crippen LogP contribution >= 0.6 is 0 Å². The minimum absolute atomic E-state index is 1.02. The molecule has 0 fully saturated rings. The maximum Gasteiger partial charge on any atom is -0.00230 e. The molecule has 0 bridgehead atoms. The third kappa shape index (κ3) is 3.82. The summed E-state index contributed by atoms with van der Waals surface area (Å²) in [6, 6.07) is 30.2. The van der Waals surface area contributed by atoms with Gasteiger partial charge in [0.1, 0.15) is 0 Å². The molecular formula is C21H20. The summed E-state index contributed by atoms with van der Waals surface area (Å²) in [5, 5.41) is 0. The van der Waals surface area contributed by atoms with Crippen LogP contribution in [0, 0.1) is 0 Å². The highest BCUT2D eigenvalue weighted by atomic mass is 14.1. The largest absolute Gasteiger partial charge is 0.0622 e. The second-order valence-corrected chi connectivity index (χ2v) is 5.42. The Hall–Kier alpha value is -2.34. The smallest absolute Gasteiger partial charge is 0.00230 e. The molecule has 0 aliphatic rings. The average molecular weight is 272 g/mol. The molecule has 0 aromatic heterocycles. The van der Waals surface area contributed by atoms with Gasteiger partial charge in [0, 0.05) is 0 Å². The molecule has 0 spiro atoms.